The Morgan fingerprint density at radius 3 is 2.55 bits per heavy atom. The first kappa shape index (κ1) is 13.2. The number of aromatic nitrogens is 2. The van der Waals surface area contributed by atoms with Crippen LogP contribution in [0.5, 0.6) is 0 Å². The van der Waals surface area contributed by atoms with Crippen LogP contribution in [0.1, 0.15) is 31.5 Å². The van der Waals surface area contributed by atoms with Crippen LogP contribution < -0.4 is 10.2 Å². The van der Waals surface area contributed by atoms with Gasteiger partial charge in [-0.05, 0) is 25.7 Å². The number of carbonyl (C=O) groups excluding carboxylic acids is 3. The van der Waals surface area contributed by atoms with Crippen molar-refractivity contribution in [3.05, 3.63) is 5.82 Å². The number of hydrogen-bond acceptors (Lipinski definition) is 6. The van der Waals surface area contributed by atoms with Gasteiger partial charge in [0, 0.05) is 11.5 Å². The van der Waals surface area contributed by atoms with Crippen LogP contribution in [0.3, 0.4) is 0 Å². The SMILES string of the molecule is Cc1nsc(N2C(=O)NC(=O)C(C3CCCC3)C2=O)n1. The maximum atomic E-state index is 12.5. The molecule has 7 nitrogen and oxygen atoms in total. The first-order valence-electron chi connectivity index (χ1n) is 6.57. The number of hydrogen-bond donors (Lipinski definition) is 1. The van der Waals surface area contributed by atoms with Gasteiger partial charge in [0.2, 0.25) is 16.9 Å². The van der Waals surface area contributed by atoms with E-state index in [0.29, 0.717) is 5.82 Å². The van der Waals surface area contributed by atoms with Gasteiger partial charge in [0.25, 0.3) is 0 Å². The van der Waals surface area contributed by atoms with E-state index in [9.17, 15) is 14.4 Å². The third-order valence-corrected chi connectivity index (χ3v) is 4.57. The molecule has 2 aliphatic rings. The molecule has 0 spiro atoms. The van der Waals surface area contributed by atoms with E-state index in [1.165, 1.54) is 0 Å². The maximum Gasteiger partial charge on any atom is 0.337 e. The molecule has 20 heavy (non-hydrogen) atoms. The number of amides is 4. The quantitative estimate of drug-likeness (QED) is 0.828. The Bertz CT molecular complexity index is 579. The van der Waals surface area contributed by atoms with Crippen molar-refractivity contribution in [3.63, 3.8) is 0 Å². The van der Waals surface area contributed by atoms with Crippen molar-refractivity contribution in [2.75, 3.05) is 4.90 Å². The van der Waals surface area contributed by atoms with E-state index in [4.69, 9.17) is 0 Å². The minimum absolute atomic E-state index is 0.0205. The Hall–Kier alpha value is -1.83. The normalized spacial score (nSPS) is 24.4. The minimum Gasteiger partial charge on any atom is -0.277 e. The van der Waals surface area contributed by atoms with Crippen LogP contribution in [0.15, 0.2) is 0 Å². The molecule has 4 amide bonds. The minimum atomic E-state index is -0.778. The highest BCUT2D eigenvalue weighted by molar-refractivity contribution is 7.10. The number of anilines is 1. The van der Waals surface area contributed by atoms with Crippen molar-refractivity contribution >= 4 is 34.5 Å². The summed E-state index contributed by atoms with van der Waals surface area (Å²) < 4.78 is 3.97. The first-order chi connectivity index (χ1) is 9.58. The summed E-state index contributed by atoms with van der Waals surface area (Å²) >= 11 is 0.981. The van der Waals surface area contributed by atoms with Gasteiger partial charge in [0.1, 0.15) is 11.7 Å². The molecule has 1 saturated carbocycles. The monoisotopic (exact) mass is 294 g/mol. The molecule has 8 heteroatoms. The number of carbonyl (C=O) groups is 3. The third-order valence-electron chi connectivity index (χ3n) is 3.78. The van der Waals surface area contributed by atoms with Gasteiger partial charge < -0.3 is 0 Å². The third kappa shape index (κ3) is 2.09. The molecule has 1 aliphatic heterocycles. The number of nitrogens with one attached hydrogen (secondary N) is 1. The number of aryl methyl sites for hydroxylation is 1. The van der Waals surface area contributed by atoms with Crippen molar-refractivity contribution in [3.8, 4) is 0 Å². The van der Waals surface area contributed by atoms with E-state index >= 15 is 0 Å². The first-order valence-corrected chi connectivity index (χ1v) is 7.34. The summed E-state index contributed by atoms with van der Waals surface area (Å²) in [5, 5.41) is 2.48. The number of imide groups is 2. The number of nitrogens with zero attached hydrogens (tertiary/aromatic N) is 3. The summed E-state index contributed by atoms with van der Waals surface area (Å²) in [6, 6.07) is -0.731. The van der Waals surface area contributed by atoms with Gasteiger partial charge in [-0.3, -0.25) is 14.9 Å². The summed E-state index contributed by atoms with van der Waals surface area (Å²) in [6.07, 6.45) is 3.74. The fourth-order valence-corrected chi connectivity index (χ4v) is 3.54. The van der Waals surface area contributed by atoms with Gasteiger partial charge in [-0.15, -0.1) is 0 Å². The van der Waals surface area contributed by atoms with Gasteiger partial charge in [-0.2, -0.15) is 4.37 Å². The lowest BCUT2D eigenvalue weighted by Gasteiger charge is -2.31. The fraction of sp³-hybridized carbons (Fsp3) is 0.583. The van der Waals surface area contributed by atoms with Crippen LogP contribution in [-0.2, 0) is 9.59 Å². The second-order valence-electron chi connectivity index (χ2n) is 5.11. The molecule has 1 unspecified atom stereocenters. The topological polar surface area (TPSA) is 92.3 Å². The molecule has 0 radical (unpaired) electrons. The van der Waals surface area contributed by atoms with E-state index < -0.39 is 23.8 Å². The lowest BCUT2D eigenvalue weighted by Crippen LogP contribution is -2.59. The van der Waals surface area contributed by atoms with Crippen LogP contribution in [-0.4, -0.2) is 27.2 Å². The average molecular weight is 294 g/mol. The Morgan fingerprint density at radius 1 is 1.25 bits per heavy atom. The zero-order valence-electron chi connectivity index (χ0n) is 11.0. The molecule has 1 aliphatic carbocycles. The number of rotatable bonds is 2. The Kier molecular flexibility index (Phi) is 3.25. The lowest BCUT2D eigenvalue weighted by atomic mass is 9.88. The fourth-order valence-electron chi connectivity index (χ4n) is 2.85. The van der Waals surface area contributed by atoms with Gasteiger partial charge >= 0.3 is 6.03 Å². The molecule has 0 aromatic carbocycles. The highest BCUT2D eigenvalue weighted by Gasteiger charge is 2.46. The summed E-state index contributed by atoms with van der Waals surface area (Å²) in [5.74, 6) is -1.21. The van der Waals surface area contributed by atoms with Crippen LogP contribution >= 0.6 is 11.5 Å². The Morgan fingerprint density at radius 2 is 1.95 bits per heavy atom. The van der Waals surface area contributed by atoms with Crippen LogP contribution in [0.4, 0.5) is 9.93 Å². The second-order valence-corrected chi connectivity index (χ2v) is 5.84. The van der Waals surface area contributed by atoms with E-state index in [-0.39, 0.29) is 11.0 Å². The molecule has 1 aromatic rings. The lowest BCUT2D eigenvalue weighted by molar-refractivity contribution is -0.136. The van der Waals surface area contributed by atoms with Gasteiger partial charge in [-0.25, -0.2) is 14.7 Å². The van der Waals surface area contributed by atoms with Gasteiger partial charge in [0.05, 0.1) is 0 Å². The van der Waals surface area contributed by atoms with Crippen molar-refractivity contribution in [1.29, 1.82) is 0 Å². The molecule has 2 heterocycles. The molecule has 3 rings (SSSR count). The van der Waals surface area contributed by atoms with E-state index in [2.05, 4.69) is 14.7 Å². The van der Waals surface area contributed by atoms with E-state index in [0.717, 1.165) is 42.1 Å². The molecule has 0 bridgehead atoms. The smallest absolute Gasteiger partial charge is 0.277 e. The zero-order valence-corrected chi connectivity index (χ0v) is 11.8. The molecular weight excluding hydrogens is 280 g/mol. The van der Waals surface area contributed by atoms with Crippen molar-refractivity contribution in [1.82, 2.24) is 14.7 Å². The highest BCUT2D eigenvalue weighted by atomic mass is 32.1. The van der Waals surface area contributed by atoms with Crippen molar-refractivity contribution < 1.29 is 14.4 Å². The number of urea groups is 1. The van der Waals surface area contributed by atoms with Gasteiger partial charge in [-0.1, -0.05) is 12.8 Å². The van der Waals surface area contributed by atoms with E-state index in [1.807, 2.05) is 0 Å². The molecule has 1 atom stereocenters. The molecular formula is C12H14N4O3S. The van der Waals surface area contributed by atoms with Gasteiger partial charge in [0.15, 0.2) is 0 Å². The number of barbiturate groups is 1. The standard InChI is InChI=1S/C12H14N4O3S/c1-6-13-12(20-15-6)16-10(18)8(7-4-2-3-5-7)9(17)14-11(16)19/h7-8H,2-5H2,1H3,(H,14,17,19). The van der Waals surface area contributed by atoms with E-state index in [1.54, 1.807) is 6.92 Å². The maximum absolute atomic E-state index is 12.5. The summed E-state index contributed by atoms with van der Waals surface area (Å²) in [7, 11) is 0. The predicted octanol–water partition coefficient (Wildman–Crippen LogP) is 1.24. The molecule has 1 saturated heterocycles. The van der Waals surface area contributed by atoms with Crippen LogP contribution in [0, 0.1) is 18.8 Å². The largest absolute Gasteiger partial charge is 0.337 e. The Balaban J connectivity index is 1.92. The predicted molar refractivity (Wildman–Crippen MR) is 71.1 cm³/mol. The van der Waals surface area contributed by atoms with Crippen molar-refractivity contribution in [2.24, 2.45) is 11.8 Å². The van der Waals surface area contributed by atoms with Crippen LogP contribution in [0.2, 0.25) is 0 Å². The average Bonchev–Trinajstić information content (AvgIpc) is 3.01. The summed E-state index contributed by atoms with van der Waals surface area (Å²) in [6.45, 7) is 1.69. The van der Waals surface area contributed by atoms with Crippen molar-refractivity contribution in [2.45, 2.75) is 32.6 Å². The molecule has 2 fully saturated rings. The Labute approximate surface area is 119 Å². The highest BCUT2D eigenvalue weighted by Crippen LogP contribution is 2.35. The molecule has 1 N–H and O–H groups in total. The van der Waals surface area contributed by atoms with Crippen LogP contribution in [0.25, 0.3) is 0 Å². The summed E-state index contributed by atoms with van der Waals surface area (Å²) in [5.41, 5.74) is 0. The second kappa shape index (κ2) is 4.93. The zero-order chi connectivity index (χ0) is 14.3. The molecule has 1 aromatic heterocycles. The molecule has 106 valence electrons. The summed E-state index contributed by atoms with van der Waals surface area (Å²) in [4.78, 5) is 41.4.